The molecule has 2 aliphatic carbocycles. The Bertz CT molecular complexity index is 181. The number of nitrogens with one attached hydrogen (secondary N) is 1. The summed E-state index contributed by atoms with van der Waals surface area (Å²) >= 11 is 0. The molecule has 2 rings (SSSR count). The van der Waals surface area contributed by atoms with Gasteiger partial charge in [0.05, 0.1) is 0 Å². The van der Waals surface area contributed by atoms with Crippen LogP contribution in [0.3, 0.4) is 0 Å². The van der Waals surface area contributed by atoms with Gasteiger partial charge < -0.3 is 5.32 Å². The lowest BCUT2D eigenvalue weighted by Gasteiger charge is -2.38. The first kappa shape index (κ1) is 9.51. The minimum absolute atomic E-state index is 0.580. The van der Waals surface area contributed by atoms with E-state index in [-0.39, 0.29) is 0 Å². The van der Waals surface area contributed by atoms with Gasteiger partial charge in [0.25, 0.3) is 0 Å². The Morgan fingerprint density at radius 2 is 1.54 bits per heavy atom. The highest BCUT2D eigenvalue weighted by Gasteiger charge is 2.49. The summed E-state index contributed by atoms with van der Waals surface area (Å²) in [5, 5.41) is 3.55. The molecule has 2 aliphatic rings. The fourth-order valence-electron chi connectivity index (χ4n) is 2.95. The van der Waals surface area contributed by atoms with Crippen molar-refractivity contribution in [3.05, 3.63) is 0 Å². The van der Waals surface area contributed by atoms with Crippen molar-refractivity contribution in [2.75, 3.05) is 7.05 Å². The van der Waals surface area contributed by atoms with Crippen molar-refractivity contribution >= 4 is 0 Å². The average Bonchev–Trinajstić information content (AvgIpc) is 2.85. The quantitative estimate of drug-likeness (QED) is 0.690. The zero-order chi connectivity index (χ0) is 9.53. The van der Waals surface area contributed by atoms with Crippen LogP contribution in [0.5, 0.6) is 0 Å². The van der Waals surface area contributed by atoms with Gasteiger partial charge in [-0.3, -0.25) is 0 Å². The van der Waals surface area contributed by atoms with Crippen molar-refractivity contribution in [3.63, 3.8) is 0 Å². The second-order valence-corrected chi connectivity index (χ2v) is 5.84. The van der Waals surface area contributed by atoms with Gasteiger partial charge in [0.15, 0.2) is 0 Å². The van der Waals surface area contributed by atoms with Crippen LogP contribution in [0.4, 0.5) is 0 Å². The summed E-state index contributed by atoms with van der Waals surface area (Å²) in [5.74, 6) is 0.977. The Balaban J connectivity index is 1.91. The van der Waals surface area contributed by atoms with Crippen LogP contribution in [0.2, 0.25) is 0 Å². The molecule has 2 fully saturated rings. The summed E-state index contributed by atoms with van der Waals surface area (Å²) in [6, 6.07) is 0. The molecule has 1 heteroatoms. The lowest BCUT2D eigenvalue weighted by molar-refractivity contribution is 0.156. The Morgan fingerprint density at radius 3 is 1.92 bits per heavy atom. The molecule has 0 heterocycles. The molecule has 1 N–H and O–H groups in total. The van der Waals surface area contributed by atoms with E-state index in [1.165, 1.54) is 38.5 Å². The molecular weight excluding hydrogens is 158 g/mol. The van der Waals surface area contributed by atoms with Crippen molar-refractivity contribution in [2.45, 2.75) is 57.9 Å². The van der Waals surface area contributed by atoms with Crippen LogP contribution < -0.4 is 5.32 Å². The number of hydrogen-bond donors (Lipinski definition) is 1. The average molecular weight is 181 g/mol. The minimum Gasteiger partial charge on any atom is -0.314 e. The van der Waals surface area contributed by atoms with Crippen LogP contribution in [-0.4, -0.2) is 12.6 Å². The van der Waals surface area contributed by atoms with Gasteiger partial charge in [-0.1, -0.05) is 13.8 Å². The van der Waals surface area contributed by atoms with Gasteiger partial charge in [0, 0.05) is 5.54 Å². The SMILES string of the molecule is CNC1(C2CCC(C)(C)CC2)CC1. The predicted octanol–water partition coefficient (Wildman–Crippen LogP) is 2.95. The van der Waals surface area contributed by atoms with Crippen molar-refractivity contribution in [1.29, 1.82) is 0 Å². The molecule has 0 unspecified atom stereocenters. The summed E-state index contributed by atoms with van der Waals surface area (Å²) < 4.78 is 0. The van der Waals surface area contributed by atoms with Gasteiger partial charge in [-0.05, 0) is 56.9 Å². The zero-order valence-corrected chi connectivity index (χ0v) is 9.32. The van der Waals surface area contributed by atoms with E-state index in [9.17, 15) is 0 Å². The first-order chi connectivity index (χ1) is 6.08. The highest BCUT2D eigenvalue weighted by atomic mass is 15.0. The molecule has 0 aromatic carbocycles. The van der Waals surface area contributed by atoms with Crippen molar-refractivity contribution < 1.29 is 0 Å². The van der Waals surface area contributed by atoms with E-state index in [2.05, 4.69) is 26.2 Å². The summed E-state index contributed by atoms with van der Waals surface area (Å²) in [6.07, 6.45) is 8.62. The molecule has 0 aromatic heterocycles. The van der Waals surface area contributed by atoms with E-state index in [1.807, 2.05) is 0 Å². The smallest absolute Gasteiger partial charge is 0.0208 e. The third-order valence-corrected chi connectivity index (χ3v) is 4.41. The Labute approximate surface area is 82.3 Å². The fraction of sp³-hybridized carbons (Fsp3) is 1.00. The largest absolute Gasteiger partial charge is 0.314 e. The first-order valence-corrected chi connectivity index (χ1v) is 5.77. The van der Waals surface area contributed by atoms with Gasteiger partial charge in [-0.2, -0.15) is 0 Å². The molecule has 0 aromatic rings. The van der Waals surface area contributed by atoms with E-state index < -0.39 is 0 Å². The summed E-state index contributed by atoms with van der Waals surface area (Å²) in [6.45, 7) is 4.84. The maximum Gasteiger partial charge on any atom is 0.0208 e. The Morgan fingerprint density at radius 1 is 1.00 bits per heavy atom. The van der Waals surface area contributed by atoms with Crippen LogP contribution in [0.1, 0.15) is 52.4 Å². The first-order valence-electron chi connectivity index (χ1n) is 5.77. The fourth-order valence-corrected chi connectivity index (χ4v) is 2.95. The van der Waals surface area contributed by atoms with Crippen LogP contribution in [0.25, 0.3) is 0 Å². The normalized spacial score (nSPS) is 31.6. The molecule has 0 aliphatic heterocycles. The molecular formula is C12H23N. The summed E-state index contributed by atoms with van der Waals surface area (Å²) in [5.41, 5.74) is 1.21. The van der Waals surface area contributed by atoms with Crippen LogP contribution in [-0.2, 0) is 0 Å². The number of hydrogen-bond acceptors (Lipinski definition) is 1. The lowest BCUT2D eigenvalue weighted by Crippen LogP contribution is -2.39. The third kappa shape index (κ3) is 1.76. The van der Waals surface area contributed by atoms with Gasteiger partial charge >= 0.3 is 0 Å². The molecule has 0 radical (unpaired) electrons. The van der Waals surface area contributed by atoms with E-state index in [0.717, 1.165) is 5.92 Å². The molecule has 0 saturated heterocycles. The Hall–Kier alpha value is -0.0400. The molecule has 0 atom stereocenters. The zero-order valence-electron chi connectivity index (χ0n) is 9.32. The molecule has 1 nitrogen and oxygen atoms in total. The molecule has 2 saturated carbocycles. The summed E-state index contributed by atoms with van der Waals surface area (Å²) in [4.78, 5) is 0. The Kier molecular flexibility index (Phi) is 2.18. The third-order valence-electron chi connectivity index (χ3n) is 4.41. The molecule has 0 amide bonds. The van der Waals surface area contributed by atoms with Crippen molar-refractivity contribution in [2.24, 2.45) is 11.3 Å². The maximum absolute atomic E-state index is 3.55. The van der Waals surface area contributed by atoms with Gasteiger partial charge in [-0.25, -0.2) is 0 Å². The maximum atomic E-state index is 3.55. The highest BCUT2D eigenvalue weighted by Crippen LogP contribution is 2.51. The van der Waals surface area contributed by atoms with Crippen molar-refractivity contribution in [3.8, 4) is 0 Å². The second-order valence-electron chi connectivity index (χ2n) is 5.84. The second kappa shape index (κ2) is 2.98. The summed E-state index contributed by atoms with van der Waals surface area (Å²) in [7, 11) is 2.15. The minimum atomic E-state index is 0.580. The van der Waals surface area contributed by atoms with Crippen LogP contribution >= 0.6 is 0 Å². The van der Waals surface area contributed by atoms with Crippen LogP contribution in [0, 0.1) is 11.3 Å². The predicted molar refractivity (Wildman–Crippen MR) is 56.8 cm³/mol. The van der Waals surface area contributed by atoms with E-state index in [4.69, 9.17) is 0 Å². The van der Waals surface area contributed by atoms with Gasteiger partial charge in [0.1, 0.15) is 0 Å². The van der Waals surface area contributed by atoms with E-state index in [0.29, 0.717) is 11.0 Å². The monoisotopic (exact) mass is 181 g/mol. The molecule has 0 spiro atoms. The number of rotatable bonds is 2. The topological polar surface area (TPSA) is 12.0 Å². The van der Waals surface area contributed by atoms with E-state index >= 15 is 0 Å². The van der Waals surface area contributed by atoms with Crippen LogP contribution in [0.15, 0.2) is 0 Å². The molecule has 76 valence electrons. The molecule has 0 bridgehead atoms. The highest BCUT2D eigenvalue weighted by molar-refractivity contribution is 5.07. The standard InChI is InChI=1S/C12H23N/c1-11(2)6-4-10(5-7-11)12(13-3)8-9-12/h10,13H,4-9H2,1-3H3. The van der Waals surface area contributed by atoms with Crippen molar-refractivity contribution in [1.82, 2.24) is 5.32 Å². The van der Waals surface area contributed by atoms with E-state index in [1.54, 1.807) is 0 Å². The lowest BCUT2D eigenvalue weighted by atomic mass is 9.70. The van der Waals surface area contributed by atoms with Gasteiger partial charge in [0.2, 0.25) is 0 Å². The molecule has 13 heavy (non-hydrogen) atoms. The van der Waals surface area contributed by atoms with Gasteiger partial charge in [-0.15, -0.1) is 0 Å².